The quantitative estimate of drug-likeness (QED) is 0.229. The Morgan fingerprint density at radius 2 is 1.84 bits per heavy atom. The molecule has 164 valence electrons. The van der Waals surface area contributed by atoms with Crippen LogP contribution in [-0.4, -0.2) is 24.0 Å². The van der Waals surface area contributed by atoms with E-state index in [0.717, 1.165) is 29.7 Å². The van der Waals surface area contributed by atoms with Gasteiger partial charge in [-0.1, -0.05) is 12.6 Å². The molecule has 0 aliphatic heterocycles. The van der Waals surface area contributed by atoms with Gasteiger partial charge in [-0.2, -0.15) is 0 Å². The molecule has 0 amide bonds. The molecule has 0 atom stereocenters. The van der Waals surface area contributed by atoms with Crippen molar-refractivity contribution in [3.05, 3.63) is 70.6 Å². The van der Waals surface area contributed by atoms with E-state index in [1.807, 2.05) is 18.2 Å². The maximum atomic E-state index is 12.7. The highest BCUT2D eigenvalue weighted by Crippen LogP contribution is 2.27. The van der Waals surface area contributed by atoms with Crippen LogP contribution in [0.5, 0.6) is 0 Å². The molecular weight excluding hydrogens is 408 g/mol. The molecule has 0 unspecified atom stereocenters. The zero-order chi connectivity index (χ0) is 22.8. The molecule has 0 saturated carbocycles. The highest BCUT2D eigenvalue weighted by atomic mass is 16.5. The van der Waals surface area contributed by atoms with Crippen molar-refractivity contribution in [1.29, 1.82) is 0 Å². The zero-order valence-corrected chi connectivity index (χ0v) is 18.3. The summed E-state index contributed by atoms with van der Waals surface area (Å²) in [6, 6.07) is 12.8. The first-order valence-corrected chi connectivity index (χ1v) is 10.4. The van der Waals surface area contributed by atoms with Gasteiger partial charge < -0.3 is 18.5 Å². The Labute approximate surface area is 184 Å². The second-order valence-electron chi connectivity index (χ2n) is 7.52. The van der Waals surface area contributed by atoms with Crippen LogP contribution in [-0.2, 0) is 16.1 Å². The minimum Gasteiger partial charge on any atom is -0.457 e. The summed E-state index contributed by atoms with van der Waals surface area (Å²) in [5, 5.41) is 0.783. The van der Waals surface area contributed by atoms with Gasteiger partial charge >= 0.3 is 11.6 Å². The number of hydrogen-bond donors (Lipinski definition) is 0. The molecule has 0 fully saturated rings. The number of oxazole rings is 1. The fourth-order valence-corrected chi connectivity index (χ4v) is 3.48. The molecular formula is C25H24N2O5. The summed E-state index contributed by atoms with van der Waals surface area (Å²) >= 11 is 0. The number of ether oxygens (including phenoxy) is 1. The van der Waals surface area contributed by atoms with Gasteiger partial charge in [0, 0.05) is 35.8 Å². The first-order valence-electron chi connectivity index (χ1n) is 10.4. The topological polar surface area (TPSA) is 85.8 Å². The first kappa shape index (κ1) is 21.4. The summed E-state index contributed by atoms with van der Waals surface area (Å²) in [6.45, 7) is 11.1. The monoisotopic (exact) mass is 432 g/mol. The Kier molecular flexibility index (Phi) is 5.81. The van der Waals surface area contributed by atoms with Gasteiger partial charge in [0.1, 0.15) is 23.3 Å². The number of aromatic nitrogens is 1. The molecule has 2 aromatic carbocycles. The number of benzene rings is 2. The van der Waals surface area contributed by atoms with Crippen LogP contribution < -0.4 is 10.5 Å². The van der Waals surface area contributed by atoms with Gasteiger partial charge in [0.15, 0.2) is 5.58 Å². The predicted octanol–water partition coefficient (Wildman–Crippen LogP) is 5.07. The maximum Gasteiger partial charge on any atom is 0.349 e. The van der Waals surface area contributed by atoms with Crippen LogP contribution >= 0.6 is 0 Å². The molecule has 4 aromatic rings. The lowest BCUT2D eigenvalue weighted by molar-refractivity contribution is -0.140. The van der Waals surface area contributed by atoms with Gasteiger partial charge in [-0.05, 0) is 56.7 Å². The van der Waals surface area contributed by atoms with E-state index in [1.165, 1.54) is 0 Å². The van der Waals surface area contributed by atoms with Gasteiger partial charge in [-0.3, -0.25) is 0 Å². The smallest absolute Gasteiger partial charge is 0.349 e. The van der Waals surface area contributed by atoms with E-state index in [0.29, 0.717) is 22.3 Å². The normalized spacial score (nSPS) is 11.1. The second kappa shape index (κ2) is 8.70. The lowest BCUT2D eigenvalue weighted by Crippen LogP contribution is -2.21. The van der Waals surface area contributed by atoms with Crippen molar-refractivity contribution >= 4 is 33.7 Å². The summed E-state index contributed by atoms with van der Waals surface area (Å²) in [6.07, 6.45) is 0. The fourth-order valence-electron chi connectivity index (χ4n) is 3.48. The maximum absolute atomic E-state index is 12.7. The number of anilines is 1. The van der Waals surface area contributed by atoms with Crippen molar-refractivity contribution in [3.8, 4) is 11.5 Å². The third-order valence-corrected chi connectivity index (χ3v) is 5.25. The van der Waals surface area contributed by atoms with E-state index in [4.69, 9.17) is 13.6 Å². The Bertz CT molecular complexity index is 1380. The number of nitrogens with zero attached hydrogens (tertiary/aromatic N) is 2. The number of carbonyl (C=O) groups is 1. The molecule has 2 aromatic heterocycles. The van der Waals surface area contributed by atoms with E-state index < -0.39 is 11.6 Å². The van der Waals surface area contributed by atoms with E-state index in [9.17, 15) is 9.59 Å². The molecule has 0 aliphatic rings. The van der Waals surface area contributed by atoms with Gasteiger partial charge in [0.2, 0.25) is 5.89 Å². The van der Waals surface area contributed by atoms with Crippen LogP contribution in [0.1, 0.15) is 26.3 Å². The Morgan fingerprint density at radius 1 is 1.06 bits per heavy atom. The summed E-state index contributed by atoms with van der Waals surface area (Å²) in [7, 11) is 0. The van der Waals surface area contributed by atoms with Crippen molar-refractivity contribution in [2.45, 2.75) is 27.4 Å². The highest BCUT2D eigenvalue weighted by molar-refractivity contribution is 5.87. The Morgan fingerprint density at radius 3 is 2.56 bits per heavy atom. The van der Waals surface area contributed by atoms with Crippen LogP contribution in [0.15, 0.2) is 68.2 Å². The lowest BCUT2D eigenvalue weighted by atomic mass is 10.1. The van der Waals surface area contributed by atoms with Crippen molar-refractivity contribution < 1.29 is 18.4 Å². The van der Waals surface area contributed by atoms with Gasteiger partial charge in [0.25, 0.3) is 0 Å². The molecule has 0 saturated heterocycles. The summed E-state index contributed by atoms with van der Waals surface area (Å²) in [4.78, 5) is 30.9. The van der Waals surface area contributed by atoms with Crippen LogP contribution in [0.3, 0.4) is 0 Å². The van der Waals surface area contributed by atoms with E-state index in [-0.39, 0.29) is 18.1 Å². The highest BCUT2D eigenvalue weighted by Gasteiger charge is 2.16. The number of fused-ring (bicyclic) bond motifs is 2. The van der Waals surface area contributed by atoms with E-state index in [2.05, 4.69) is 30.3 Å². The van der Waals surface area contributed by atoms with Crippen LogP contribution in [0.2, 0.25) is 0 Å². The molecule has 32 heavy (non-hydrogen) atoms. The van der Waals surface area contributed by atoms with Gasteiger partial charge in [-0.15, -0.1) is 0 Å². The van der Waals surface area contributed by atoms with Crippen molar-refractivity contribution in [3.63, 3.8) is 0 Å². The SMILES string of the molecule is C=C(C)C(=O)OCc1ccc2oc(-c3cc4ccc(N(CC)CC)cc4oc3=O)nc2c1. The molecule has 7 nitrogen and oxygen atoms in total. The average Bonchev–Trinajstić information content (AvgIpc) is 3.20. The fraction of sp³-hybridized carbons (Fsp3) is 0.240. The molecule has 4 rings (SSSR count). The van der Waals surface area contributed by atoms with E-state index >= 15 is 0 Å². The minimum atomic E-state index is -0.517. The number of rotatable bonds is 7. The third-order valence-electron chi connectivity index (χ3n) is 5.25. The Balaban J connectivity index is 1.67. The largest absolute Gasteiger partial charge is 0.457 e. The lowest BCUT2D eigenvalue weighted by Gasteiger charge is -2.20. The van der Waals surface area contributed by atoms with Crippen molar-refractivity contribution in [2.75, 3.05) is 18.0 Å². The predicted molar refractivity (Wildman–Crippen MR) is 124 cm³/mol. The molecule has 0 N–H and O–H groups in total. The molecule has 0 aliphatic carbocycles. The number of carbonyl (C=O) groups excluding carboxylic acids is 1. The third kappa shape index (κ3) is 4.14. The molecule has 0 spiro atoms. The summed E-state index contributed by atoms with van der Waals surface area (Å²) < 4.78 is 16.6. The Hall–Kier alpha value is -3.87. The molecule has 7 heteroatoms. The average molecular weight is 432 g/mol. The van der Waals surface area contributed by atoms with E-state index in [1.54, 1.807) is 31.2 Å². The van der Waals surface area contributed by atoms with Crippen LogP contribution in [0.4, 0.5) is 5.69 Å². The molecule has 0 bridgehead atoms. The minimum absolute atomic E-state index is 0.0941. The van der Waals surface area contributed by atoms with Gasteiger partial charge in [0.05, 0.1) is 0 Å². The first-order chi connectivity index (χ1) is 15.4. The van der Waals surface area contributed by atoms with Crippen LogP contribution in [0, 0.1) is 0 Å². The number of hydrogen-bond acceptors (Lipinski definition) is 7. The molecule has 0 radical (unpaired) electrons. The van der Waals surface area contributed by atoms with Crippen molar-refractivity contribution in [2.24, 2.45) is 0 Å². The summed E-state index contributed by atoms with van der Waals surface area (Å²) in [5.41, 5.74) is 3.41. The number of esters is 1. The summed E-state index contributed by atoms with van der Waals surface area (Å²) in [5.74, 6) is -0.275. The zero-order valence-electron chi connectivity index (χ0n) is 18.3. The van der Waals surface area contributed by atoms with Crippen molar-refractivity contribution in [1.82, 2.24) is 4.98 Å². The van der Waals surface area contributed by atoms with Gasteiger partial charge in [-0.25, -0.2) is 14.6 Å². The molecule has 2 heterocycles. The van der Waals surface area contributed by atoms with Crippen LogP contribution in [0.25, 0.3) is 33.5 Å². The standard InChI is InChI=1S/C25H24N2O5/c1-5-27(6-2)18-9-8-17-12-19(25(29)32-22(17)13-18)23-26-20-11-16(7-10-21(20)31-23)14-30-24(28)15(3)4/h7-13H,3,5-6,14H2,1-2,4H3. The second-order valence-corrected chi connectivity index (χ2v) is 7.52.